The Morgan fingerprint density at radius 3 is 0.798 bits per heavy atom. The van der Waals surface area contributed by atoms with E-state index in [1.54, 1.807) is 0 Å². The van der Waals surface area contributed by atoms with Gasteiger partial charge >= 0.3 is 39.5 Å². The van der Waals surface area contributed by atoms with E-state index in [-0.39, 0.29) is 25.7 Å². The highest BCUT2D eigenvalue weighted by Gasteiger charge is 2.30. The summed E-state index contributed by atoms with van der Waals surface area (Å²) in [5.41, 5.74) is 0. The average Bonchev–Trinajstić information content (AvgIpc) is 3.68. The van der Waals surface area contributed by atoms with Gasteiger partial charge in [-0.2, -0.15) is 0 Å². The lowest BCUT2D eigenvalue weighted by Gasteiger charge is -2.21. The van der Waals surface area contributed by atoms with Gasteiger partial charge in [-0.05, 0) is 49.4 Å². The largest absolute Gasteiger partial charge is 0.472 e. The standard InChI is InChI=1S/C70H136O17P2/c1-9-63(8)49-41-33-28-29-35-43-51-68(73)81-57-66(87-70(75)53-45-37-27-19-15-11-13-17-23-31-39-47-61(4)5)59-85-89(78,79)83-55-64(71)54-82-88(76,77)84-58-65(56-80-67(72)50-42-34-25-21-20-24-32-40-48-62(6)7)86-69(74)52-44-36-26-18-14-10-12-16-22-30-38-46-60(2)3/h60-66,71H,9-59H2,1-8H3,(H,76,77)(H,78,79)/t63?,64-,65-,66-/m1/s1. The molecule has 17 nitrogen and oxygen atoms in total. The van der Waals surface area contributed by atoms with Crippen molar-refractivity contribution in [3.63, 3.8) is 0 Å². The molecule has 19 heteroatoms. The maximum Gasteiger partial charge on any atom is 0.472 e. The fourth-order valence-electron chi connectivity index (χ4n) is 10.5. The van der Waals surface area contributed by atoms with Crippen LogP contribution in [0.5, 0.6) is 0 Å². The molecule has 0 bridgehead atoms. The number of unbranched alkanes of at least 4 members (excludes halogenated alkanes) is 32. The summed E-state index contributed by atoms with van der Waals surface area (Å²) < 4.78 is 68.3. The summed E-state index contributed by atoms with van der Waals surface area (Å²) in [4.78, 5) is 72.5. The van der Waals surface area contributed by atoms with E-state index in [1.807, 2.05) is 0 Å². The molecule has 3 unspecified atom stereocenters. The molecule has 3 N–H and O–H groups in total. The Kier molecular flexibility index (Phi) is 58.5. The molecule has 0 aliphatic carbocycles. The maximum absolute atomic E-state index is 13.0. The first kappa shape index (κ1) is 87.1. The summed E-state index contributed by atoms with van der Waals surface area (Å²) in [5.74, 6) is 0.857. The molecular formula is C70H136O17P2. The fraction of sp³-hybridized carbons (Fsp3) is 0.943. The second-order valence-corrected chi connectivity index (χ2v) is 29.8. The van der Waals surface area contributed by atoms with E-state index in [9.17, 15) is 43.2 Å². The lowest BCUT2D eigenvalue weighted by atomic mass is 10.00. The van der Waals surface area contributed by atoms with Crippen LogP contribution in [0.4, 0.5) is 0 Å². The molecule has 0 radical (unpaired) electrons. The Balaban J connectivity index is 5.26. The van der Waals surface area contributed by atoms with Gasteiger partial charge < -0.3 is 33.8 Å². The van der Waals surface area contributed by atoms with Crippen molar-refractivity contribution < 1.29 is 80.2 Å². The molecule has 89 heavy (non-hydrogen) atoms. The molecular weight excluding hydrogens is 1170 g/mol. The Labute approximate surface area is 543 Å². The van der Waals surface area contributed by atoms with Gasteiger partial charge in [0.25, 0.3) is 0 Å². The summed E-state index contributed by atoms with van der Waals surface area (Å²) in [6.07, 6.45) is 41.7. The molecule has 0 saturated carbocycles. The van der Waals surface area contributed by atoms with Crippen LogP contribution in [0.15, 0.2) is 0 Å². The number of aliphatic hydroxyl groups is 1. The first-order valence-corrected chi connectivity index (χ1v) is 39.2. The van der Waals surface area contributed by atoms with Crippen LogP contribution in [-0.4, -0.2) is 96.7 Å². The van der Waals surface area contributed by atoms with E-state index in [4.69, 9.17) is 37.0 Å². The molecule has 0 spiro atoms. The number of rotatable bonds is 67. The van der Waals surface area contributed by atoms with Gasteiger partial charge in [0.2, 0.25) is 0 Å². The van der Waals surface area contributed by atoms with E-state index in [2.05, 4.69) is 55.4 Å². The molecule has 0 aliphatic rings. The Bertz CT molecular complexity index is 1770. The van der Waals surface area contributed by atoms with E-state index in [1.165, 1.54) is 141 Å². The van der Waals surface area contributed by atoms with Crippen molar-refractivity contribution in [3.05, 3.63) is 0 Å². The number of ether oxygens (including phenoxy) is 4. The summed E-state index contributed by atoms with van der Waals surface area (Å²) in [6.45, 7) is 14.1. The predicted molar refractivity (Wildman–Crippen MR) is 358 cm³/mol. The number of aliphatic hydroxyl groups excluding tert-OH is 1. The number of phosphoric ester groups is 2. The normalized spacial score (nSPS) is 14.6. The second kappa shape index (κ2) is 59.8. The number of hydrogen-bond acceptors (Lipinski definition) is 15. The molecule has 0 heterocycles. The number of esters is 4. The van der Waals surface area contributed by atoms with E-state index >= 15 is 0 Å². The van der Waals surface area contributed by atoms with Crippen LogP contribution in [0.2, 0.25) is 0 Å². The van der Waals surface area contributed by atoms with Gasteiger partial charge in [-0.1, -0.05) is 293 Å². The minimum atomic E-state index is -4.95. The summed E-state index contributed by atoms with van der Waals surface area (Å²) >= 11 is 0. The lowest BCUT2D eigenvalue weighted by Crippen LogP contribution is -2.30. The Hall–Kier alpha value is -1.94. The van der Waals surface area contributed by atoms with Crippen molar-refractivity contribution in [2.45, 2.75) is 363 Å². The quantitative estimate of drug-likeness (QED) is 0.0222. The van der Waals surface area contributed by atoms with Crippen molar-refractivity contribution in [2.24, 2.45) is 23.7 Å². The topological polar surface area (TPSA) is 237 Å². The third-order valence-electron chi connectivity index (χ3n) is 16.4. The summed E-state index contributed by atoms with van der Waals surface area (Å²) in [7, 11) is -9.90. The highest BCUT2D eigenvalue weighted by Crippen LogP contribution is 2.45. The number of hydrogen-bond donors (Lipinski definition) is 3. The van der Waals surface area contributed by atoms with Crippen LogP contribution in [0.25, 0.3) is 0 Å². The molecule has 0 fully saturated rings. The minimum absolute atomic E-state index is 0.105. The zero-order valence-corrected chi connectivity index (χ0v) is 59.8. The smallest absolute Gasteiger partial charge is 0.462 e. The van der Waals surface area contributed by atoms with E-state index < -0.39 is 97.5 Å². The number of carbonyl (C=O) groups is 4. The van der Waals surface area contributed by atoms with Gasteiger partial charge in [0.15, 0.2) is 12.2 Å². The second-order valence-electron chi connectivity index (χ2n) is 26.9. The minimum Gasteiger partial charge on any atom is -0.462 e. The summed E-state index contributed by atoms with van der Waals surface area (Å²) in [5, 5.41) is 10.6. The van der Waals surface area contributed by atoms with Gasteiger partial charge in [-0.15, -0.1) is 0 Å². The monoisotopic (exact) mass is 1310 g/mol. The van der Waals surface area contributed by atoms with Crippen molar-refractivity contribution >= 4 is 39.5 Å². The van der Waals surface area contributed by atoms with Gasteiger partial charge in [-0.25, -0.2) is 9.13 Å². The van der Waals surface area contributed by atoms with Gasteiger partial charge in [-0.3, -0.25) is 37.3 Å². The molecule has 0 saturated heterocycles. The fourth-order valence-corrected chi connectivity index (χ4v) is 12.0. The molecule has 0 amide bonds. The molecule has 0 aliphatic heterocycles. The summed E-state index contributed by atoms with van der Waals surface area (Å²) in [6, 6.07) is 0. The molecule has 528 valence electrons. The molecule has 0 rings (SSSR count). The molecule has 6 atom stereocenters. The van der Waals surface area contributed by atoms with Crippen LogP contribution in [0, 0.1) is 23.7 Å². The van der Waals surface area contributed by atoms with Crippen LogP contribution in [-0.2, 0) is 65.4 Å². The van der Waals surface area contributed by atoms with Gasteiger partial charge in [0.1, 0.15) is 19.3 Å². The van der Waals surface area contributed by atoms with Crippen LogP contribution < -0.4 is 0 Å². The van der Waals surface area contributed by atoms with E-state index in [0.717, 1.165) is 120 Å². The van der Waals surface area contributed by atoms with Crippen LogP contribution in [0.3, 0.4) is 0 Å². The van der Waals surface area contributed by atoms with Crippen molar-refractivity contribution in [1.82, 2.24) is 0 Å². The van der Waals surface area contributed by atoms with Crippen molar-refractivity contribution in [3.8, 4) is 0 Å². The Morgan fingerprint density at radius 1 is 0.315 bits per heavy atom. The maximum atomic E-state index is 13.0. The SMILES string of the molecule is CCC(C)CCCCCCCCC(=O)OC[C@H](COP(=O)(O)OC[C@H](O)COP(=O)(O)OC[C@@H](COC(=O)CCCCCCCCCCC(C)C)OC(=O)CCCCCCCCCCCCCC(C)C)OC(=O)CCCCCCCCCCCCCC(C)C. The van der Waals surface area contributed by atoms with Crippen molar-refractivity contribution in [2.75, 3.05) is 39.6 Å². The molecule has 0 aromatic rings. The van der Waals surface area contributed by atoms with Crippen LogP contribution >= 0.6 is 15.6 Å². The van der Waals surface area contributed by atoms with E-state index in [0.29, 0.717) is 25.7 Å². The first-order chi connectivity index (χ1) is 42.6. The predicted octanol–water partition coefficient (Wildman–Crippen LogP) is 19.7. The molecule has 0 aromatic carbocycles. The first-order valence-electron chi connectivity index (χ1n) is 36.2. The lowest BCUT2D eigenvalue weighted by molar-refractivity contribution is -0.161. The number of phosphoric acid groups is 2. The molecule has 0 aromatic heterocycles. The zero-order chi connectivity index (χ0) is 66.1. The third-order valence-corrected chi connectivity index (χ3v) is 18.3. The highest BCUT2D eigenvalue weighted by molar-refractivity contribution is 7.47. The van der Waals surface area contributed by atoms with Crippen LogP contribution in [0.1, 0.15) is 344 Å². The number of carbonyl (C=O) groups excluding carboxylic acids is 4. The van der Waals surface area contributed by atoms with Gasteiger partial charge in [0, 0.05) is 25.7 Å². The van der Waals surface area contributed by atoms with Gasteiger partial charge in [0.05, 0.1) is 26.4 Å². The average molecular weight is 1310 g/mol. The highest BCUT2D eigenvalue weighted by atomic mass is 31.2. The zero-order valence-electron chi connectivity index (χ0n) is 58.1. The Morgan fingerprint density at radius 2 is 0.539 bits per heavy atom. The third kappa shape index (κ3) is 63.2. The van der Waals surface area contributed by atoms with Crippen molar-refractivity contribution in [1.29, 1.82) is 0 Å².